The van der Waals surface area contributed by atoms with E-state index in [9.17, 15) is 13.2 Å². The van der Waals surface area contributed by atoms with Crippen LogP contribution in [0.4, 0.5) is 5.69 Å². The van der Waals surface area contributed by atoms with Crippen molar-refractivity contribution < 1.29 is 17.9 Å². The Balaban J connectivity index is 2.11. The Morgan fingerprint density at radius 2 is 1.69 bits per heavy atom. The fraction of sp³-hybridized carbons (Fsp3) is 0.278. The number of carbonyl (C=O) groups excluding carboxylic acids is 1. The van der Waals surface area contributed by atoms with Crippen LogP contribution in [0.3, 0.4) is 0 Å². The average Bonchev–Trinajstić information content (AvgIpc) is 2.66. The summed E-state index contributed by atoms with van der Waals surface area (Å²) >= 11 is 0. The van der Waals surface area contributed by atoms with Crippen molar-refractivity contribution in [3.63, 3.8) is 0 Å². The van der Waals surface area contributed by atoms with Gasteiger partial charge in [-0.15, -0.1) is 0 Å². The van der Waals surface area contributed by atoms with Gasteiger partial charge < -0.3 is 15.0 Å². The predicted octanol–water partition coefficient (Wildman–Crippen LogP) is 1.79. The summed E-state index contributed by atoms with van der Waals surface area (Å²) in [6.45, 7) is 1.24. The first kappa shape index (κ1) is 19.7. The number of rotatable bonds is 8. The summed E-state index contributed by atoms with van der Waals surface area (Å²) in [7, 11) is 1.32. The summed E-state index contributed by atoms with van der Waals surface area (Å²) in [6.07, 6.45) is 0. The molecule has 0 radical (unpaired) electrons. The summed E-state index contributed by atoms with van der Waals surface area (Å²) < 4.78 is 32.5. The second kappa shape index (κ2) is 8.68. The van der Waals surface area contributed by atoms with Gasteiger partial charge in [0.05, 0.1) is 12.0 Å². The van der Waals surface area contributed by atoms with Gasteiger partial charge >= 0.3 is 0 Å². The molecule has 7 nitrogen and oxygen atoms in total. The van der Waals surface area contributed by atoms with E-state index in [-0.39, 0.29) is 10.8 Å². The maximum atomic E-state index is 12.5. The Hall–Kier alpha value is -2.58. The zero-order valence-corrected chi connectivity index (χ0v) is 15.8. The smallest absolute Gasteiger partial charge is 0.261 e. The van der Waals surface area contributed by atoms with Gasteiger partial charge in [0.15, 0.2) is 0 Å². The second-order valence-corrected chi connectivity index (χ2v) is 7.37. The van der Waals surface area contributed by atoms with E-state index in [1.54, 1.807) is 36.2 Å². The third-order valence-corrected chi connectivity index (χ3v) is 5.19. The number of nitrogens with one attached hydrogen (secondary N) is 2. The number of carbonyl (C=O) groups is 1. The number of benzene rings is 2. The molecule has 0 heterocycles. The monoisotopic (exact) mass is 377 g/mol. The van der Waals surface area contributed by atoms with Crippen molar-refractivity contribution in [2.45, 2.75) is 4.90 Å². The van der Waals surface area contributed by atoms with Crippen LogP contribution < -0.4 is 14.8 Å². The molecule has 0 spiro atoms. The van der Waals surface area contributed by atoms with Crippen LogP contribution >= 0.6 is 0 Å². The molecule has 2 aromatic rings. The lowest BCUT2D eigenvalue weighted by atomic mass is 10.2. The quantitative estimate of drug-likeness (QED) is 0.732. The van der Waals surface area contributed by atoms with E-state index < -0.39 is 10.0 Å². The van der Waals surface area contributed by atoms with Crippen molar-refractivity contribution in [2.24, 2.45) is 0 Å². The molecule has 0 aliphatic rings. The Kier molecular flexibility index (Phi) is 6.59. The van der Waals surface area contributed by atoms with Gasteiger partial charge in [-0.1, -0.05) is 0 Å². The molecule has 0 fully saturated rings. The van der Waals surface area contributed by atoms with Crippen LogP contribution in [0.15, 0.2) is 53.4 Å². The molecule has 0 aliphatic carbocycles. The molecule has 2 rings (SSSR count). The van der Waals surface area contributed by atoms with E-state index >= 15 is 0 Å². The second-order valence-electron chi connectivity index (χ2n) is 5.69. The number of likely N-dealkylation sites (N-methyl/N-ethyl adjacent to an activating group) is 2. The lowest BCUT2D eigenvalue weighted by molar-refractivity contribution is 0.0796. The number of hydrogen-bond donors (Lipinski definition) is 2. The lowest BCUT2D eigenvalue weighted by Gasteiger charge is -2.17. The Bertz CT molecular complexity index is 834. The van der Waals surface area contributed by atoms with Crippen molar-refractivity contribution in [1.82, 2.24) is 10.2 Å². The number of methoxy groups -OCH3 is 1. The van der Waals surface area contributed by atoms with Gasteiger partial charge in [0, 0.05) is 31.4 Å². The predicted molar refractivity (Wildman–Crippen MR) is 101 cm³/mol. The SMILES string of the molecule is CNCCN(C)C(=O)c1ccc(S(=O)(=O)Nc2ccc(OC)cc2)cc1. The Morgan fingerprint density at radius 1 is 1.08 bits per heavy atom. The fourth-order valence-corrected chi connectivity index (χ4v) is 3.31. The number of ether oxygens (including phenoxy) is 1. The van der Waals surface area contributed by atoms with Crippen LogP contribution in [0.1, 0.15) is 10.4 Å². The van der Waals surface area contributed by atoms with E-state index in [0.717, 1.165) is 0 Å². The van der Waals surface area contributed by atoms with Crippen molar-refractivity contribution >= 4 is 21.6 Å². The van der Waals surface area contributed by atoms with Crippen LogP contribution in [0, 0.1) is 0 Å². The van der Waals surface area contributed by atoms with Gasteiger partial charge in [0.1, 0.15) is 5.75 Å². The first-order valence-corrected chi connectivity index (χ1v) is 9.52. The van der Waals surface area contributed by atoms with Crippen molar-refractivity contribution in [1.29, 1.82) is 0 Å². The van der Waals surface area contributed by atoms with Gasteiger partial charge in [-0.25, -0.2) is 8.42 Å². The molecule has 0 atom stereocenters. The Labute approximate surface area is 154 Å². The van der Waals surface area contributed by atoms with Gasteiger partial charge in [-0.05, 0) is 55.6 Å². The molecule has 0 aliphatic heterocycles. The van der Waals surface area contributed by atoms with Crippen LogP contribution in [0.2, 0.25) is 0 Å². The molecule has 26 heavy (non-hydrogen) atoms. The van der Waals surface area contributed by atoms with Gasteiger partial charge in [0.25, 0.3) is 15.9 Å². The van der Waals surface area contributed by atoms with Crippen LogP contribution in [-0.4, -0.2) is 53.5 Å². The van der Waals surface area contributed by atoms with Crippen molar-refractivity contribution in [3.05, 3.63) is 54.1 Å². The molecule has 0 saturated carbocycles. The summed E-state index contributed by atoms with van der Waals surface area (Å²) in [5.41, 5.74) is 0.866. The molecule has 0 bridgehead atoms. The molecule has 0 unspecified atom stereocenters. The minimum atomic E-state index is -3.74. The maximum Gasteiger partial charge on any atom is 0.261 e. The van der Waals surface area contributed by atoms with E-state index in [1.165, 1.54) is 31.4 Å². The molecular formula is C18H23N3O4S. The first-order chi connectivity index (χ1) is 12.4. The summed E-state index contributed by atoms with van der Waals surface area (Å²) in [5.74, 6) is 0.477. The standard InChI is InChI=1S/C18H23N3O4S/c1-19-12-13-21(2)18(22)14-4-10-17(11-5-14)26(23,24)20-15-6-8-16(25-3)9-7-15/h4-11,19-20H,12-13H2,1-3H3. The number of nitrogens with zero attached hydrogens (tertiary/aromatic N) is 1. The molecule has 8 heteroatoms. The number of hydrogen-bond acceptors (Lipinski definition) is 5. The zero-order chi connectivity index (χ0) is 19.2. The molecule has 2 aromatic carbocycles. The zero-order valence-electron chi connectivity index (χ0n) is 15.0. The third-order valence-electron chi connectivity index (χ3n) is 3.80. The highest BCUT2D eigenvalue weighted by atomic mass is 32.2. The number of amides is 1. The van der Waals surface area contributed by atoms with Crippen LogP contribution in [0.25, 0.3) is 0 Å². The minimum Gasteiger partial charge on any atom is -0.497 e. The third kappa shape index (κ3) is 4.96. The topological polar surface area (TPSA) is 87.7 Å². The van der Waals surface area contributed by atoms with Crippen LogP contribution in [-0.2, 0) is 10.0 Å². The maximum absolute atomic E-state index is 12.5. The molecule has 140 valence electrons. The number of sulfonamides is 1. The van der Waals surface area contributed by atoms with Crippen LogP contribution in [0.5, 0.6) is 5.75 Å². The van der Waals surface area contributed by atoms with Gasteiger partial charge in [-0.3, -0.25) is 9.52 Å². The van der Waals surface area contributed by atoms with E-state index in [0.29, 0.717) is 30.1 Å². The van der Waals surface area contributed by atoms with Gasteiger partial charge in [-0.2, -0.15) is 0 Å². The van der Waals surface area contributed by atoms with E-state index in [4.69, 9.17) is 4.74 Å². The highest BCUT2D eigenvalue weighted by Gasteiger charge is 2.16. The largest absolute Gasteiger partial charge is 0.497 e. The minimum absolute atomic E-state index is 0.0859. The fourth-order valence-electron chi connectivity index (χ4n) is 2.25. The molecule has 2 N–H and O–H groups in total. The van der Waals surface area contributed by atoms with Crippen molar-refractivity contribution in [3.8, 4) is 5.75 Å². The summed E-state index contributed by atoms with van der Waals surface area (Å²) in [5, 5.41) is 2.97. The normalized spacial score (nSPS) is 11.0. The number of anilines is 1. The van der Waals surface area contributed by atoms with Gasteiger partial charge in [0.2, 0.25) is 0 Å². The average molecular weight is 377 g/mol. The molecular weight excluding hydrogens is 354 g/mol. The summed E-state index contributed by atoms with van der Waals surface area (Å²) in [6, 6.07) is 12.4. The summed E-state index contributed by atoms with van der Waals surface area (Å²) in [4.78, 5) is 13.9. The van der Waals surface area contributed by atoms with E-state index in [2.05, 4.69) is 10.0 Å². The molecule has 0 aromatic heterocycles. The highest BCUT2D eigenvalue weighted by Crippen LogP contribution is 2.19. The highest BCUT2D eigenvalue weighted by molar-refractivity contribution is 7.92. The Morgan fingerprint density at radius 3 is 2.23 bits per heavy atom. The lowest BCUT2D eigenvalue weighted by Crippen LogP contribution is -2.32. The molecule has 1 amide bonds. The first-order valence-electron chi connectivity index (χ1n) is 8.04. The molecule has 0 saturated heterocycles. The van der Waals surface area contributed by atoms with E-state index in [1.807, 2.05) is 7.05 Å². The van der Waals surface area contributed by atoms with Crippen molar-refractivity contribution in [2.75, 3.05) is 39.0 Å².